The van der Waals surface area contributed by atoms with Crippen molar-refractivity contribution in [1.82, 2.24) is 20.3 Å². The van der Waals surface area contributed by atoms with Crippen LogP contribution < -0.4 is 0 Å². The number of aromatic amines is 1. The number of nitrogens with one attached hydrogen (secondary N) is 1. The molecule has 0 unspecified atom stereocenters. The molecule has 2 aromatic heterocycles. The number of amides is 1. The number of aromatic nitrogens is 3. The minimum atomic E-state index is -0.0596. The fourth-order valence-corrected chi connectivity index (χ4v) is 3.17. The predicted molar refractivity (Wildman–Crippen MR) is 76.8 cm³/mol. The summed E-state index contributed by atoms with van der Waals surface area (Å²) in [6, 6.07) is 1.69. The van der Waals surface area contributed by atoms with Crippen LogP contribution in [0.3, 0.4) is 0 Å². The molecular weight excluding hydrogens is 268 g/mol. The molecule has 1 amide bonds. The number of hydrogen-bond donors (Lipinski definition) is 1. The molecule has 21 heavy (non-hydrogen) atoms. The highest BCUT2D eigenvalue weighted by molar-refractivity contribution is 5.92. The highest BCUT2D eigenvalue weighted by atomic mass is 16.5. The van der Waals surface area contributed by atoms with E-state index in [4.69, 9.17) is 4.52 Å². The van der Waals surface area contributed by atoms with Gasteiger partial charge in [-0.25, -0.2) is 0 Å². The summed E-state index contributed by atoms with van der Waals surface area (Å²) in [7, 11) is 0. The largest absolute Gasteiger partial charge is 0.364 e. The molecule has 1 N–H and O–H groups in total. The van der Waals surface area contributed by atoms with Crippen LogP contribution in [-0.2, 0) is 0 Å². The number of carbonyl (C=O) groups is 1. The van der Waals surface area contributed by atoms with Crippen molar-refractivity contribution in [2.24, 2.45) is 0 Å². The minimum absolute atomic E-state index is 0.0596. The molecule has 3 heterocycles. The van der Waals surface area contributed by atoms with Crippen LogP contribution in [0, 0.1) is 13.8 Å². The topological polar surface area (TPSA) is 75.0 Å². The van der Waals surface area contributed by atoms with Gasteiger partial charge in [-0.2, -0.15) is 5.10 Å². The normalized spacial score (nSPS) is 19.5. The molecule has 1 atom stereocenters. The minimum Gasteiger partial charge on any atom is -0.364 e. The monoisotopic (exact) mass is 288 g/mol. The third kappa shape index (κ3) is 2.57. The van der Waals surface area contributed by atoms with Crippen molar-refractivity contribution in [1.29, 1.82) is 0 Å². The number of H-pyrrole nitrogens is 1. The van der Waals surface area contributed by atoms with Crippen molar-refractivity contribution in [2.45, 2.75) is 45.6 Å². The van der Waals surface area contributed by atoms with Gasteiger partial charge >= 0.3 is 0 Å². The van der Waals surface area contributed by atoms with Crippen LogP contribution in [0.2, 0.25) is 0 Å². The molecule has 1 saturated heterocycles. The first-order valence-corrected chi connectivity index (χ1v) is 7.41. The molecule has 0 saturated carbocycles. The van der Waals surface area contributed by atoms with Crippen LogP contribution >= 0.6 is 0 Å². The maximum absolute atomic E-state index is 12.7. The van der Waals surface area contributed by atoms with Gasteiger partial charge in [-0.1, -0.05) is 18.0 Å². The van der Waals surface area contributed by atoms with Crippen LogP contribution in [0.15, 0.2) is 16.9 Å². The molecule has 112 valence electrons. The van der Waals surface area contributed by atoms with Crippen LogP contribution in [0.1, 0.15) is 59.2 Å². The van der Waals surface area contributed by atoms with Gasteiger partial charge in [0.15, 0.2) is 5.69 Å². The summed E-state index contributed by atoms with van der Waals surface area (Å²) in [5.41, 5.74) is 3.53. The van der Waals surface area contributed by atoms with Gasteiger partial charge in [0.1, 0.15) is 6.26 Å². The van der Waals surface area contributed by atoms with Crippen LogP contribution in [0.4, 0.5) is 0 Å². The number of nitrogens with zero attached hydrogens (tertiary/aromatic N) is 3. The maximum atomic E-state index is 12.7. The van der Waals surface area contributed by atoms with E-state index in [1.807, 2.05) is 18.7 Å². The molecule has 1 aliphatic heterocycles. The fraction of sp³-hybridized carbons (Fsp3) is 0.533. The average molecular weight is 288 g/mol. The summed E-state index contributed by atoms with van der Waals surface area (Å²) in [5, 5.41) is 11.1. The Morgan fingerprint density at radius 3 is 2.90 bits per heavy atom. The second-order valence-electron chi connectivity index (χ2n) is 5.60. The van der Waals surface area contributed by atoms with Crippen molar-refractivity contribution >= 4 is 5.91 Å². The number of rotatable bonds is 2. The Hall–Kier alpha value is -2.11. The van der Waals surface area contributed by atoms with Gasteiger partial charge in [-0.05, 0) is 26.7 Å². The fourth-order valence-electron chi connectivity index (χ4n) is 3.17. The SMILES string of the molecule is Cc1n[nH]c(C)c1[C@@H]1CCCCCN1C(=O)c1ccon1. The van der Waals surface area contributed by atoms with E-state index in [-0.39, 0.29) is 11.9 Å². The predicted octanol–water partition coefficient (Wildman–Crippen LogP) is 2.77. The number of carbonyl (C=O) groups excluding carboxylic acids is 1. The van der Waals surface area contributed by atoms with Crippen molar-refractivity contribution in [3.8, 4) is 0 Å². The number of likely N-dealkylation sites (tertiary alicyclic amines) is 1. The Kier molecular flexibility index (Phi) is 3.77. The smallest absolute Gasteiger partial charge is 0.276 e. The summed E-state index contributed by atoms with van der Waals surface area (Å²) in [5.74, 6) is -0.0596. The maximum Gasteiger partial charge on any atom is 0.276 e. The molecule has 1 aliphatic rings. The molecule has 0 radical (unpaired) electrons. The van der Waals surface area contributed by atoms with Crippen LogP contribution in [-0.4, -0.2) is 32.7 Å². The van der Waals surface area contributed by atoms with Gasteiger partial charge in [0.2, 0.25) is 0 Å². The third-order valence-corrected chi connectivity index (χ3v) is 4.19. The van der Waals surface area contributed by atoms with E-state index in [9.17, 15) is 4.79 Å². The molecule has 0 aromatic carbocycles. The lowest BCUT2D eigenvalue weighted by atomic mass is 9.98. The molecule has 6 nitrogen and oxygen atoms in total. The van der Waals surface area contributed by atoms with Gasteiger partial charge in [0, 0.05) is 23.9 Å². The Labute approximate surface area is 123 Å². The Morgan fingerprint density at radius 1 is 1.38 bits per heavy atom. The lowest BCUT2D eigenvalue weighted by Crippen LogP contribution is -2.35. The molecule has 3 rings (SSSR count). The Balaban J connectivity index is 1.96. The van der Waals surface area contributed by atoms with E-state index >= 15 is 0 Å². The van der Waals surface area contributed by atoms with Crippen molar-refractivity contribution in [3.63, 3.8) is 0 Å². The molecule has 1 fully saturated rings. The zero-order valence-corrected chi connectivity index (χ0v) is 12.4. The van der Waals surface area contributed by atoms with Gasteiger partial charge < -0.3 is 9.42 Å². The summed E-state index contributed by atoms with van der Waals surface area (Å²) in [4.78, 5) is 14.6. The van der Waals surface area contributed by atoms with Crippen molar-refractivity contribution in [2.75, 3.05) is 6.54 Å². The second-order valence-corrected chi connectivity index (χ2v) is 5.60. The highest BCUT2D eigenvalue weighted by Gasteiger charge is 2.31. The molecular formula is C15H20N4O2. The van der Waals surface area contributed by atoms with E-state index in [1.165, 1.54) is 6.26 Å². The number of hydrogen-bond acceptors (Lipinski definition) is 4. The van der Waals surface area contributed by atoms with E-state index in [0.717, 1.165) is 49.2 Å². The molecule has 0 spiro atoms. The van der Waals surface area contributed by atoms with Gasteiger partial charge in [-0.15, -0.1) is 0 Å². The quantitative estimate of drug-likeness (QED) is 0.922. The van der Waals surface area contributed by atoms with E-state index < -0.39 is 0 Å². The van der Waals surface area contributed by atoms with E-state index in [2.05, 4.69) is 15.4 Å². The molecule has 0 aliphatic carbocycles. The summed E-state index contributed by atoms with van der Waals surface area (Å²) < 4.78 is 4.82. The van der Waals surface area contributed by atoms with E-state index in [0.29, 0.717) is 5.69 Å². The summed E-state index contributed by atoms with van der Waals surface area (Å²) in [6.07, 6.45) is 5.70. The summed E-state index contributed by atoms with van der Waals surface area (Å²) >= 11 is 0. The van der Waals surface area contributed by atoms with Gasteiger partial charge in [-0.3, -0.25) is 9.89 Å². The molecule has 6 heteroatoms. The van der Waals surface area contributed by atoms with Gasteiger partial charge in [0.25, 0.3) is 5.91 Å². The molecule has 2 aromatic rings. The second kappa shape index (κ2) is 5.71. The third-order valence-electron chi connectivity index (χ3n) is 4.19. The first-order chi connectivity index (χ1) is 10.2. The van der Waals surface area contributed by atoms with Crippen molar-refractivity contribution < 1.29 is 9.32 Å². The van der Waals surface area contributed by atoms with Gasteiger partial charge in [0.05, 0.1) is 11.7 Å². The van der Waals surface area contributed by atoms with Crippen molar-refractivity contribution in [3.05, 3.63) is 35.0 Å². The van der Waals surface area contributed by atoms with Crippen LogP contribution in [0.25, 0.3) is 0 Å². The lowest BCUT2D eigenvalue weighted by molar-refractivity contribution is 0.0669. The summed E-state index contributed by atoms with van der Waals surface area (Å²) in [6.45, 7) is 4.75. The first-order valence-electron chi connectivity index (χ1n) is 7.41. The average Bonchev–Trinajstić information content (AvgIpc) is 3.04. The Morgan fingerprint density at radius 2 is 2.24 bits per heavy atom. The first kappa shape index (κ1) is 13.9. The van der Waals surface area contributed by atoms with E-state index in [1.54, 1.807) is 6.07 Å². The Bertz CT molecular complexity index is 598. The zero-order chi connectivity index (χ0) is 14.8. The van der Waals surface area contributed by atoms with Crippen LogP contribution in [0.5, 0.6) is 0 Å². The number of aryl methyl sites for hydroxylation is 2. The highest BCUT2D eigenvalue weighted by Crippen LogP contribution is 2.33. The standard InChI is InChI=1S/C15H20N4O2/c1-10-14(11(2)17-16-10)13-6-4-3-5-8-19(13)15(20)12-7-9-21-18-12/h7,9,13H,3-6,8H2,1-2H3,(H,16,17)/t13-/m0/s1. The molecule has 0 bridgehead atoms. The lowest BCUT2D eigenvalue weighted by Gasteiger charge is -2.30. The zero-order valence-electron chi connectivity index (χ0n) is 12.4.